The fourth-order valence-electron chi connectivity index (χ4n) is 4.77. The number of aromatic carboxylic acids is 1. The van der Waals surface area contributed by atoms with Gasteiger partial charge in [0.2, 0.25) is 5.91 Å². The van der Waals surface area contributed by atoms with E-state index in [1.54, 1.807) is 24.3 Å². The minimum atomic E-state index is -0.985. The molecule has 2 heterocycles. The van der Waals surface area contributed by atoms with Crippen LogP contribution in [0.15, 0.2) is 78.9 Å². The van der Waals surface area contributed by atoms with E-state index in [2.05, 4.69) is 42.0 Å². The number of rotatable bonds is 4. The number of nitrogens with zero attached hydrogens (tertiary/aromatic N) is 1. The second kappa shape index (κ2) is 7.65. The third-order valence-corrected chi connectivity index (χ3v) is 6.28. The van der Waals surface area contributed by atoms with Crippen molar-refractivity contribution >= 4 is 17.6 Å². The van der Waals surface area contributed by atoms with Crippen LogP contribution in [-0.2, 0) is 4.79 Å². The van der Waals surface area contributed by atoms with Crippen molar-refractivity contribution in [3.8, 4) is 0 Å². The molecule has 4 unspecified atom stereocenters. The minimum absolute atomic E-state index is 0.0240. The first kappa shape index (κ1) is 19.5. The minimum Gasteiger partial charge on any atom is -0.478 e. The van der Waals surface area contributed by atoms with Gasteiger partial charge in [-0.15, -0.1) is 0 Å². The summed E-state index contributed by atoms with van der Waals surface area (Å²) >= 11 is 0. The Balaban J connectivity index is 1.59. The topological polar surface area (TPSA) is 81.7 Å². The van der Waals surface area contributed by atoms with Crippen molar-refractivity contribution in [2.45, 2.75) is 25.0 Å². The number of nitrogens with one attached hydrogen (secondary N) is 2. The molecule has 4 atom stereocenters. The number of hydrazine groups is 1. The van der Waals surface area contributed by atoms with Crippen LogP contribution < -0.4 is 15.8 Å². The molecule has 2 fully saturated rings. The molecule has 1 amide bonds. The Bertz CT molecular complexity index is 1110. The van der Waals surface area contributed by atoms with Crippen LogP contribution in [0, 0.1) is 12.8 Å². The van der Waals surface area contributed by atoms with Gasteiger partial charge >= 0.3 is 5.97 Å². The van der Waals surface area contributed by atoms with E-state index >= 15 is 0 Å². The Morgan fingerprint density at radius 2 is 1.48 bits per heavy atom. The highest BCUT2D eigenvalue weighted by molar-refractivity contribution is 6.01. The summed E-state index contributed by atoms with van der Waals surface area (Å²) in [7, 11) is 0. The van der Waals surface area contributed by atoms with Crippen LogP contribution in [0.25, 0.3) is 0 Å². The molecule has 31 heavy (non-hydrogen) atoms. The first-order chi connectivity index (χ1) is 15.0. The number of carbonyl (C=O) groups excluding carboxylic acids is 1. The largest absolute Gasteiger partial charge is 0.478 e. The van der Waals surface area contributed by atoms with Gasteiger partial charge in [0, 0.05) is 11.6 Å². The molecule has 5 rings (SSSR count). The van der Waals surface area contributed by atoms with Crippen LogP contribution >= 0.6 is 0 Å². The predicted molar refractivity (Wildman–Crippen MR) is 118 cm³/mol. The van der Waals surface area contributed by atoms with Gasteiger partial charge in [-0.3, -0.25) is 4.79 Å². The normalized spacial score (nSPS) is 24.9. The third-order valence-electron chi connectivity index (χ3n) is 6.28. The molecule has 3 N–H and O–H groups in total. The first-order valence-electron chi connectivity index (χ1n) is 10.3. The molecule has 0 bridgehead atoms. The van der Waals surface area contributed by atoms with Gasteiger partial charge < -0.3 is 10.0 Å². The Labute approximate surface area is 180 Å². The number of carbonyl (C=O) groups is 2. The number of anilines is 1. The number of fused-ring (bicyclic) bond motifs is 1. The quantitative estimate of drug-likeness (QED) is 0.609. The highest BCUT2D eigenvalue weighted by Gasteiger charge is 2.55. The summed E-state index contributed by atoms with van der Waals surface area (Å²) in [6.45, 7) is 2.06. The van der Waals surface area contributed by atoms with Gasteiger partial charge in [-0.05, 0) is 42.3 Å². The van der Waals surface area contributed by atoms with E-state index in [0.717, 1.165) is 11.1 Å². The zero-order chi connectivity index (χ0) is 21.5. The Morgan fingerprint density at radius 1 is 0.839 bits per heavy atom. The maximum absolute atomic E-state index is 13.5. The van der Waals surface area contributed by atoms with Crippen molar-refractivity contribution in [3.63, 3.8) is 0 Å². The number of carboxylic acid groups (broad SMARTS) is 1. The lowest BCUT2D eigenvalue weighted by Gasteiger charge is -2.31. The summed E-state index contributed by atoms with van der Waals surface area (Å²) in [5.41, 5.74) is 10.8. The monoisotopic (exact) mass is 413 g/mol. The van der Waals surface area contributed by atoms with Crippen LogP contribution in [0.3, 0.4) is 0 Å². The third kappa shape index (κ3) is 3.30. The summed E-state index contributed by atoms with van der Waals surface area (Å²) in [4.78, 5) is 26.6. The maximum atomic E-state index is 13.5. The van der Waals surface area contributed by atoms with Gasteiger partial charge in [-0.1, -0.05) is 60.2 Å². The van der Waals surface area contributed by atoms with Gasteiger partial charge in [0.05, 0.1) is 17.6 Å². The highest BCUT2D eigenvalue weighted by Crippen LogP contribution is 2.48. The van der Waals surface area contributed by atoms with E-state index in [1.165, 1.54) is 5.56 Å². The van der Waals surface area contributed by atoms with Crippen LogP contribution in [-0.4, -0.2) is 23.0 Å². The van der Waals surface area contributed by atoms with E-state index in [0.29, 0.717) is 5.69 Å². The van der Waals surface area contributed by atoms with Gasteiger partial charge in [-0.2, -0.15) is 0 Å². The van der Waals surface area contributed by atoms with Crippen molar-refractivity contribution < 1.29 is 14.7 Å². The van der Waals surface area contributed by atoms with E-state index < -0.39 is 5.97 Å². The molecule has 0 spiro atoms. The fourth-order valence-corrected chi connectivity index (χ4v) is 4.77. The maximum Gasteiger partial charge on any atom is 0.335 e. The lowest BCUT2D eigenvalue weighted by Crippen LogP contribution is -2.41. The van der Waals surface area contributed by atoms with Crippen molar-refractivity contribution in [2.75, 3.05) is 4.90 Å². The molecule has 6 heteroatoms. The molecule has 2 saturated heterocycles. The number of benzene rings is 3. The van der Waals surface area contributed by atoms with E-state index in [4.69, 9.17) is 0 Å². The smallest absolute Gasteiger partial charge is 0.335 e. The van der Waals surface area contributed by atoms with Crippen molar-refractivity contribution in [1.82, 2.24) is 10.9 Å². The second-order valence-corrected chi connectivity index (χ2v) is 8.15. The van der Waals surface area contributed by atoms with Crippen LogP contribution in [0.4, 0.5) is 5.69 Å². The van der Waals surface area contributed by atoms with E-state index in [-0.39, 0.29) is 35.5 Å². The lowest BCUT2D eigenvalue weighted by atomic mass is 9.83. The van der Waals surface area contributed by atoms with Gasteiger partial charge in [0.1, 0.15) is 6.04 Å². The fraction of sp³-hybridized carbons (Fsp3) is 0.200. The van der Waals surface area contributed by atoms with Crippen molar-refractivity contribution in [1.29, 1.82) is 0 Å². The molecular weight excluding hydrogens is 390 g/mol. The van der Waals surface area contributed by atoms with Crippen molar-refractivity contribution in [2.24, 2.45) is 5.92 Å². The van der Waals surface area contributed by atoms with Gasteiger partial charge in [-0.25, -0.2) is 15.6 Å². The molecule has 3 aromatic rings. The number of amides is 1. The summed E-state index contributed by atoms with van der Waals surface area (Å²) in [5, 5.41) is 9.24. The van der Waals surface area contributed by atoms with Gasteiger partial charge in [0.15, 0.2) is 0 Å². The van der Waals surface area contributed by atoms with Crippen LogP contribution in [0.2, 0.25) is 0 Å². The number of carboxylic acids is 1. The summed E-state index contributed by atoms with van der Waals surface area (Å²) in [6.07, 6.45) is 0. The molecule has 0 aliphatic carbocycles. The predicted octanol–water partition coefficient (Wildman–Crippen LogP) is 3.62. The number of aryl methyl sites for hydroxylation is 1. The van der Waals surface area contributed by atoms with Crippen molar-refractivity contribution in [3.05, 3.63) is 101 Å². The molecule has 6 nitrogen and oxygen atoms in total. The second-order valence-electron chi connectivity index (χ2n) is 8.15. The van der Waals surface area contributed by atoms with Gasteiger partial charge in [0.25, 0.3) is 0 Å². The van der Waals surface area contributed by atoms with Crippen LogP contribution in [0.1, 0.15) is 39.1 Å². The summed E-state index contributed by atoms with van der Waals surface area (Å²) in [5.74, 6) is -1.04. The highest BCUT2D eigenvalue weighted by atomic mass is 16.4. The average molecular weight is 413 g/mol. The molecule has 0 aromatic heterocycles. The SMILES string of the molecule is Cc1ccc(C2NNC3C(=O)N(c4ccc(C(=O)O)cc4)C(c4ccccc4)C32)cc1. The van der Waals surface area contributed by atoms with Crippen LogP contribution in [0.5, 0.6) is 0 Å². The zero-order valence-electron chi connectivity index (χ0n) is 17.0. The van der Waals surface area contributed by atoms with E-state index in [1.807, 2.05) is 35.2 Å². The molecule has 156 valence electrons. The lowest BCUT2D eigenvalue weighted by molar-refractivity contribution is -0.119. The molecule has 0 radical (unpaired) electrons. The molecular formula is C25H23N3O3. The average Bonchev–Trinajstić information content (AvgIpc) is 3.34. The molecule has 2 aliphatic rings. The zero-order valence-corrected chi connectivity index (χ0v) is 17.0. The van der Waals surface area contributed by atoms with E-state index in [9.17, 15) is 14.7 Å². The molecule has 0 saturated carbocycles. The Hall–Kier alpha value is -3.48. The standard InChI is InChI=1S/C25H23N3O3/c1-15-7-9-16(10-8-15)21-20-22(27-26-21)24(29)28(23(20)17-5-3-2-4-6-17)19-13-11-18(12-14-19)25(30)31/h2-14,20-23,26-27H,1H3,(H,30,31). The summed E-state index contributed by atoms with van der Waals surface area (Å²) in [6, 6.07) is 24.3. The summed E-state index contributed by atoms with van der Waals surface area (Å²) < 4.78 is 0. The molecule has 2 aliphatic heterocycles. The first-order valence-corrected chi connectivity index (χ1v) is 10.3. The Kier molecular flexibility index (Phi) is 4.81. The Morgan fingerprint density at radius 3 is 2.13 bits per heavy atom. The number of hydrogen-bond donors (Lipinski definition) is 3. The number of hydrogen-bond acceptors (Lipinski definition) is 4. The molecule has 3 aromatic carbocycles.